The maximum absolute atomic E-state index is 12.7. The maximum Gasteiger partial charge on any atom is 0.549 e. The van der Waals surface area contributed by atoms with E-state index in [2.05, 4.69) is 0 Å². The van der Waals surface area contributed by atoms with Gasteiger partial charge in [-0.05, 0) is 5.56 Å². The Balaban J connectivity index is 2.93. The summed E-state index contributed by atoms with van der Waals surface area (Å²) < 4.78 is 5.84. The Kier molecular flexibility index (Phi) is 7.08. The van der Waals surface area contributed by atoms with Crippen LogP contribution in [0.4, 0.5) is 4.79 Å². The van der Waals surface area contributed by atoms with Gasteiger partial charge in [0.15, 0.2) is 0 Å². The van der Waals surface area contributed by atoms with E-state index >= 15 is 0 Å². The predicted octanol–water partition coefficient (Wildman–Crippen LogP) is 3.52. The molecule has 0 heterocycles. The lowest BCUT2D eigenvalue weighted by Gasteiger charge is -2.52. The summed E-state index contributed by atoms with van der Waals surface area (Å²) in [6.07, 6.45) is -0.456. The van der Waals surface area contributed by atoms with Gasteiger partial charge >= 0.3 is 6.09 Å². The Morgan fingerprint density at radius 3 is 1.75 bits per heavy atom. The molecule has 1 aromatic carbocycles. The zero-order valence-electron chi connectivity index (χ0n) is 19.6. The first-order valence-corrected chi connectivity index (χ1v) is 9.54. The van der Waals surface area contributed by atoms with Crippen molar-refractivity contribution in [1.82, 2.24) is 0 Å². The van der Waals surface area contributed by atoms with E-state index in [9.17, 15) is 4.79 Å². The van der Waals surface area contributed by atoms with Gasteiger partial charge in [0.05, 0.1) is 35.2 Å². The summed E-state index contributed by atoms with van der Waals surface area (Å²) in [5.74, 6) is 0. The summed E-state index contributed by atoms with van der Waals surface area (Å²) in [6, 6.07) is 9.60. The second kappa shape index (κ2) is 8.08. The molecule has 0 aliphatic heterocycles. The summed E-state index contributed by atoms with van der Waals surface area (Å²) in [7, 11) is 13.3. The number of hydrogen-bond acceptors (Lipinski definition) is 4. The number of rotatable bonds is 8. The molecule has 160 valence electrons. The van der Waals surface area contributed by atoms with Crippen LogP contribution in [0.5, 0.6) is 0 Å². The molecule has 0 spiro atoms. The molecule has 1 rings (SSSR count). The molecule has 0 aliphatic carbocycles. The highest BCUT2D eigenvalue weighted by Crippen LogP contribution is 2.36. The Labute approximate surface area is 170 Å². The minimum atomic E-state index is -0.756. The third-order valence-corrected chi connectivity index (χ3v) is 5.29. The van der Waals surface area contributed by atoms with E-state index < -0.39 is 17.5 Å². The van der Waals surface area contributed by atoms with Crippen LogP contribution in [0.25, 0.3) is 0 Å². The van der Waals surface area contributed by atoms with Crippen LogP contribution in [-0.2, 0) is 21.0 Å². The third kappa shape index (κ3) is 5.99. The molecule has 0 radical (unpaired) electrons. The second-order valence-electron chi connectivity index (χ2n) is 9.81. The molecule has 0 aliphatic rings. The molecule has 0 N–H and O–H groups in total. The number of hydrogen-bond donors (Lipinski definition) is 0. The quantitative estimate of drug-likeness (QED) is 0.382. The van der Waals surface area contributed by atoms with Crippen molar-refractivity contribution in [3.63, 3.8) is 0 Å². The van der Waals surface area contributed by atoms with Crippen molar-refractivity contribution in [2.45, 2.75) is 45.8 Å². The lowest BCUT2D eigenvalue weighted by molar-refractivity contribution is -1.17. The number of hydroxylamine groups is 6. The van der Waals surface area contributed by atoms with Gasteiger partial charge in [-0.1, -0.05) is 35.0 Å². The molecular weight excluding hydrogens is 358 g/mol. The number of carbonyl (C=O) groups is 1. The first kappa shape index (κ1) is 24.5. The highest BCUT2D eigenvalue weighted by atomic mass is 16.8. The Bertz CT molecular complexity index is 662. The average molecular weight is 399 g/mol. The van der Waals surface area contributed by atoms with E-state index in [0.717, 1.165) is 5.56 Å². The molecule has 0 unspecified atom stereocenters. The van der Waals surface area contributed by atoms with E-state index in [1.165, 1.54) is 0 Å². The average Bonchev–Trinajstić information content (AvgIpc) is 2.49. The van der Waals surface area contributed by atoms with Crippen LogP contribution in [0.3, 0.4) is 0 Å². The van der Waals surface area contributed by atoms with Gasteiger partial charge in [0.1, 0.15) is 20.7 Å². The normalized spacial score (nSPS) is 14.1. The summed E-state index contributed by atoms with van der Waals surface area (Å²) in [5, 5.41) is 0. The van der Waals surface area contributed by atoms with Gasteiger partial charge < -0.3 is 4.74 Å². The zero-order valence-corrected chi connectivity index (χ0v) is 19.6. The molecular formula is C21H40N3O4+3. The lowest BCUT2D eigenvalue weighted by atomic mass is 10.1. The number of ether oxygens (including phenoxy) is 1. The molecule has 1 aromatic rings. The van der Waals surface area contributed by atoms with Crippen LogP contribution in [0, 0.1) is 0 Å². The molecule has 0 saturated heterocycles. The van der Waals surface area contributed by atoms with E-state index in [4.69, 9.17) is 14.4 Å². The number of quaternary nitrogens is 3. The van der Waals surface area contributed by atoms with Crippen LogP contribution >= 0.6 is 0 Å². The van der Waals surface area contributed by atoms with Gasteiger partial charge in [0.25, 0.3) is 5.72 Å². The van der Waals surface area contributed by atoms with Crippen molar-refractivity contribution in [3.05, 3.63) is 35.9 Å². The fourth-order valence-electron chi connectivity index (χ4n) is 2.99. The molecule has 0 aromatic heterocycles. The first-order valence-electron chi connectivity index (χ1n) is 9.54. The van der Waals surface area contributed by atoms with Crippen molar-refractivity contribution < 1.29 is 33.0 Å². The Morgan fingerprint density at radius 2 is 1.29 bits per heavy atom. The molecule has 0 fully saturated rings. The summed E-state index contributed by atoms with van der Waals surface area (Å²) in [5.41, 5.74) is -0.410. The first-order chi connectivity index (χ1) is 12.4. The molecule has 1 amide bonds. The lowest BCUT2D eigenvalue weighted by Crippen LogP contribution is -2.72. The number of carbonyl (C=O) groups excluding carboxylic acids is 1. The maximum atomic E-state index is 12.7. The largest absolute Gasteiger partial charge is 0.549 e. The van der Waals surface area contributed by atoms with Crippen LogP contribution in [-0.4, -0.2) is 80.7 Å². The van der Waals surface area contributed by atoms with E-state index in [1.54, 1.807) is 14.1 Å². The topological polar surface area (TPSA) is 44.8 Å². The Morgan fingerprint density at radius 1 is 0.821 bits per heavy atom. The predicted molar refractivity (Wildman–Crippen MR) is 109 cm³/mol. The van der Waals surface area contributed by atoms with E-state index in [1.807, 2.05) is 93.3 Å². The van der Waals surface area contributed by atoms with Gasteiger partial charge in [0, 0.05) is 27.7 Å². The number of benzene rings is 1. The minimum absolute atomic E-state index is 0.208. The minimum Gasteiger partial charge on any atom is -0.413 e. The summed E-state index contributed by atoms with van der Waals surface area (Å²) in [6.45, 7) is 8.17. The molecule has 0 saturated carbocycles. The molecule has 0 bridgehead atoms. The SMILES string of the molecule is CC(C)(O[N+](C)(C)C)[N+](C)(C)C(C)(C)O[N+](C)(C)C(=O)OCc1ccccc1. The third-order valence-electron chi connectivity index (χ3n) is 5.29. The van der Waals surface area contributed by atoms with Crippen LogP contribution in [0.15, 0.2) is 30.3 Å². The van der Waals surface area contributed by atoms with Gasteiger partial charge in [-0.25, -0.2) is 0 Å². The standard InChI is InChI=1S/C21H40N3O4/c1-20(2,27-22(5,6)7)24(10,11)21(3,4)28-23(8,9)19(25)26-17-18-15-13-12-14-16-18/h12-16H,17H2,1-11H3/q+3. The fraction of sp³-hybridized carbons (Fsp3) is 0.667. The van der Waals surface area contributed by atoms with Crippen LogP contribution in [0.1, 0.15) is 33.3 Å². The molecule has 28 heavy (non-hydrogen) atoms. The van der Waals surface area contributed by atoms with Crippen molar-refractivity contribution in [1.29, 1.82) is 0 Å². The van der Waals surface area contributed by atoms with Crippen LogP contribution < -0.4 is 0 Å². The van der Waals surface area contributed by atoms with E-state index in [-0.39, 0.29) is 11.3 Å². The van der Waals surface area contributed by atoms with Crippen molar-refractivity contribution in [2.24, 2.45) is 0 Å². The van der Waals surface area contributed by atoms with Crippen molar-refractivity contribution >= 4 is 6.09 Å². The summed E-state index contributed by atoms with van der Waals surface area (Å²) in [4.78, 5) is 25.3. The van der Waals surface area contributed by atoms with Gasteiger partial charge in [-0.2, -0.15) is 9.44 Å². The van der Waals surface area contributed by atoms with Gasteiger partial charge in [-0.3, -0.25) is 4.48 Å². The van der Waals surface area contributed by atoms with Crippen molar-refractivity contribution in [2.75, 3.05) is 49.3 Å². The van der Waals surface area contributed by atoms with Crippen molar-refractivity contribution in [3.8, 4) is 0 Å². The smallest absolute Gasteiger partial charge is 0.413 e. The molecule has 0 atom stereocenters. The highest BCUT2D eigenvalue weighted by molar-refractivity contribution is 5.58. The number of amides is 1. The Hall–Kier alpha value is -1.51. The summed E-state index contributed by atoms with van der Waals surface area (Å²) >= 11 is 0. The van der Waals surface area contributed by atoms with Gasteiger partial charge in [0.2, 0.25) is 5.72 Å². The monoisotopic (exact) mass is 398 g/mol. The highest BCUT2D eigenvalue weighted by Gasteiger charge is 2.57. The molecule has 7 nitrogen and oxygen atoms in total. The fourth-order valence-corrected chi connectivity index (χ4v) is 2.99. The van der Waals surface area contributed by atoms with E-state index in [0.29, 0.717) is 9.13 Å². The number of nitrogens with zero attached hydrogens (tertiary/aromatic N) is 3. The second-order valence-corrected chi connectivity index (χ2v) is 9.81. The molecule has 7 heteroatoms. The van der Waals surface area contributed by atoms with Gasteiger partial charge in [-0.15, -0.1) is 9.68 Å². The van der Waals surface area contributed by atoms with Crippen LogP contribution in [0.2, 0.25) is 0 Å². The zero-order chi connectivity index (χ0) is 22.0.